The van der Waals surface area contributed by atoms with E-state index < -0.39 is 0 Å². The van der Waals surface area contributed by atoms with Crippen molar-refractivity contribution in [3.05, 3.63) is 58.8 Å². The first-order valence-corrected chi connectivity index (χ1v) is 9.35. The molecule has 0 atom stereocenters. The first-order chi connectivity index (χ1) is 13.4. The summed E-state index contributed by atoms with van der Waals surface area (Å²) in [7, 11) is 0. The molecule has 0 spiro atoms. The van der Waals surface area contributed by atoms with Gasteiger partial charge in [-0.1, -0.05) is 12.1 Å². The van der Waals surface area contributed by atoms with Crippen molar-refractivity contribution < 1.29 is 23.1 Å². The minimum absolute atomic E-state index is 0.141. The standard InChI is InChI=1S/C21H25FN2O4/c1-14-10-18(15(2)28-14)20(26)23-12-19(25)24-13-21(6-8-27-9-7-21)16-4-3-5-17(22)11-16/h3-5,10-11H,6-9,12-13H2,1-2H3,(H,23,26)(H,24,25). The Morgan fingerprint density at radius 1 is 1.14 bits per heavy atom. The maximum absolute atomic E-state index is 13.7. The van der Waals surface area contributed by atoms with E-state index in [1.807, 2.05) is 6.07 Å². The molecule has 1 aliphatic heterocycles. The molecular formula is C21H25FN2O4. The van der Waals surface area contributed by atoms with Crippen molar-refractivity contribution in [3.8, 4) is 0 Å². The SMILES string of the molecule is Cc1cc(C(=O)NCC(=O)NCC2(c3cccc(F)c3)CCOCC2)c(C)o1. The van der Waals surface area contributed by atoms with E-state index in [9.17, 15) is 14.0 Å². The van der Waals surface area contributed by atoms with Crippen LogP contribution in [0.5, 0.6) is 0 Å². The third kappa shape index (κ3) is 4.59. The van der Waals surface area contributed by atoms with E-state index in [1.54, 1.807) is 26.0 Å². The van der Waals surface area contributed by atoms with Gasteiger partial charge in [0.25, 0.3) is 5.91 Å². The molecule has 2 heterocycles. The lowest BCUT2D eigenvalue weighted by molar-refractivity contribution is -0.120. The number of halogens is 1. The average molecular weight is 388 g/mol. The van der Waals surface area contributed by atoms with Crippen LogP contribution in [0.25, 0.3) is 0 Å². The fraction of sp³-hybridized carbons (Fsp3) is 0.429. The number of rotatable bonds is 6. The summed E-state index contributed by atoms with van der Waals surface area (Å²) in [6.07, 6.45) is 1.38. The number of benzene rings is 1. The highest BCUT2D eigenvalue weighted by Crippen LogP contribution is 2.34. The topological polar surface area (TPSA) is 80.6 Å². The zero-order chi connectivity index (χ0) is 20.1. The van der Waals surface area contributed by atoms with Crippen molar-refractivity contribution in [1.29, 1.82) is 0 Å². The Bertz CT molecular complexity index is 856. The fourth-order valence-corrected chi connectivity index (χ4v) is 3.59. The summed E-state index contributed by atoms with van der Waals surface area (Å²) in [5.41, 5.74) is 0.897. The second kappa shape index (κ2) is 8.56. The van der Waals surface area contributed by atoms with Gasteiger partial charge in [-0.2, -0.15) is 0 Å². The molecule has 0 bridgehead atoms. The quantitative estimate of drug-likeness (QED) is 0.797. The molecule has 2 N–H and O–H groups in total. The van der Waals surface area contributed by atoms with Gasteiger partial charge in [0.05, 0.1) is 12.1 Å². The highest BCUT2D eigenvalue weighted by atomic mass is 19.1. The maximum atomic E-state index is 13.7. The monoisotopic (exact) mass is 388 g/mol. The predicted molar refractivity (Wildman–Crippen MR) is 102 cm³/mol. The highest BCUT2D eigenvalue weighted by Gasteiger charge is 2.35. The van der Waals surface area contributed by atoms with E-state index in [2.05, 4.69) is 10.6 Å². The Kier molecular flexibility index (Phi) is 6.14. The van der Waals surface area contributed by atoms with Gasteiger partial charge in [0, 0.05) is 25.2 Å². The van der Waals surface area contributed by atoms with Crippen LogP contribution in [0.2, 0.25) is 0 Å². The van der Waals surface area contributed by atoms with E-state index in [0.717, 1.165) is 5.56 Å². The number of hydrogen-bond acceptors (Lipinski definition) is 4. The van der Waals surface area contributed by atoms with Crippen molar-refractivity contribution in [3.63, 3.8) is 0 Å². The maximum Gasteiger partial charge on any atom is 0.255 e. The molecule has 150 valence electrons. The number of nitrogens with one attached hydrogen (secondary N) is 2. The number of ether oxygens (including phenoxy) is 1. The molecule has 1 aromatic carbocycles. The average Bonchev–Trinajstić information content (AvgIpc) is 3.03. The Morgan fingerprint density at radius 3 is 2.54 bits per heavy atom. The zero-order valence-corrected chi connectivity index (χ0v) is 16.1. The zero-order valence-electron chi connectivity index (χ0n) is 16.1. The van der Waals surface area contributed by atoms with Gasteiger partial charge in [0.15, 0.2) is 0 Å². The molecule has 3 rings (SSSR count). The lowest BCUT2D eigenvalue weighted by atomic mass is 9.74. The van der Waals surface area contributed by atoms with Crippen LogP contribution in [-0.2, 0) is 14.9 Å². The number of furan rings is 1. The number of amides is 2. The smallest absolute Gasteiger partial charge is 0.255 e. The number of hydrogen-bond donors (Lipinski definition) is 2. The number of carbonyl (C=O) groups is 2. The molecule has 1 fully saturated rings. The molecule has 28 heavy (non-hydrogen) atoms. The highest BCUT2D eigenvalue weighted by molar-refractivity contribution is 5.97. The van der Waals surface area contributed by atoms with E-state index in [0.29, 0.717) is 49.7 Å². The third-order valence-electron chi connectivity index (χ3n) is 5.21. The molecule has 0 aliphatic carbocycles. The molecule has 1 aliphatic rings. The molecule has 1 saturated heterocycles. The van der Waals surface area contributed by atoms with Crippen LogP contribution in [0.4, 0.5) is 4.39 Å². The van der Waals surface area contributed by atoms with Gasteiger partial charge in [-0.3, -0.25) is 9.59 Å². The predicted octanol–water partition coefficient (Wildman–Crippen LogP) is 2.63. The van der Waals surface area contributed by atoms with Crippen LogP contribution in [0.15, 0.2) is 34.7 Å². The minimum Gasteiger partial charge on any atom is -0.466 e. The van der Waals surface area contributed by atoms with Crippen LogP contribution in [0, 0.1) is 19.7 Å². The van der Waals surface area contributed by atoms with Crippen molar-refractivity contribution in [1.82, 2.24) is 10.6 Å². The summed E-state index contributed by atoms with van der Waals surface area (Å²) >= 11 is 0. The number of carbonyl (C=O) groups excluding carboxylic acids is 2. The van der Waals surface area contributed by atoms with E-state index in [-0.39, 0.29) is 29.6 Å². The van der Waals surface area contributed by atoms with Gasteiger partial charge < -0.3 is 19.8 Å². The van der Waals surface area contributed by atoms with Crippen molar-refractivity contribution in [2.24, 2.45) is 0 Å². The molecule has 0 saturated carbocycles. The van der Waals surface area contributed by atoms with Gasteiger partial charge >= 0.3 is 0 Å². The molecule has 7 heteroatoms. The Labute approximate surface area is 163 Å². The summed E-state index contributed by atoms with van der Waals surface area (Å²) in [4.78, 5) is 24.5. The van der Waals surface area contributed by atoms with Crippen LogP contribution >= 0.6 is 0 Å². The number of aryl methyl sites for hydroxylation is 2. The molecular weight excluding hydrogens is 363 g/mol. The summed E-state index contributed by atoms with van der Waals surface area (Å²) in [6, 6.07) is 8.13. The van der Waals surface area contributed by atoms with Gasteiger partial charge in [0.1, 0.15) is 17.3 Å². The largest absolute Gasteiger partial charge is 0.466 e. The Morgan fingerprint density at radius 2 is 1.89 bits per heavy atom. The summed E-state index contributed by atoms with van der Waals surface area (Å²) in [5, 5.41) is 5.49. The van der Waals surface area contributed by atoms with Gasteiger partial charge in [-0.15, -0.1) is 0 Å². The first kappa shape index (κ1) is 20.1. The summed E-state index contributed by atoms with van der Waals surface area (Å²) in [6.45, 7) is 4.80. The minimum atomic E-state index is -0.377. The molecule has 0 unspecified atom stereocenters. The second-order valence-electron chi connectivity index (χ2n) is 7.19. The van der Waals surface area contributed by atoms with Gasteiger partial charge in [-0.25, -0.2) is 4.39 Å². The molecule has 1 aromatic heterocycles. The van der Waals surface area contributed by atoms with Crippen molar-refractivity contribution in [2.75, 3.05) is 26.3 Å². The first-order valence-electron chi connectivity index (χ1n) is 9.35. The molecule has 6 nitrogen and oxygen atoms in total. The third-order valence-corrected chi connectivity index (χ3v) is 5.21. The Balaban J connectivity index is 1.59. The molecule has 0 radical (unpaired) electrons. The lowest BCUT2D eigenvalue weighted by Gasteiger charge is -2.38. The summed E-state index contributed by atoms with van der Waals surface area (Å²) in [5.74, 6) is 0.211. The molecule has 2 amide bonds. The van der Waals surface area contributed by atoms with Crippen LogP contribution in [-0.4, -0.2) is 38.1 Å². The lowest BCUT2D eigenvalue weighted by Crippen LogP contribution is -2.47. The van der Waals surface area contributed by atoms with Gasteiger partial charge in [-0.05, 0) is 50.5 Å². The Hall–Kier alpha value is -2.67. The van der Waals surface area contributed by atoms with Crippen LogP contribution in [0.3, 0.4) is 0 Å². The van der Waals surface area contributed by atoms with E-state index in [4.69, 9.17) is 9.15 Å². The van der Waals surface area contributed by atoms with Gasteiger partial charge in [0.2, 0.25) is 5.91 Å². The van der Waals surface area contributed by atoms with Crippen LogP contribution in [0.1, 0.15) is 40.3 Å². The second-order valence-corrected chi connectivity index (χ2v) is 7.19. The fourth-order valence-electron chi connectivity index (χ4n) is 3.59. The van der Waals surface area contributed by atoms with Crippen molar-refractivity contribution >= 4 is 11.8 Å². The van der Waals surface area contributed by atoms with E-state index >= 15 is 0 Å². The molecule has 2 aromatic rings. The van der Waals surface area contributed by atoms with E-state index in [1.165, 1.54) is 12.1 Å². The normalized spacial score (nSPS) is 15.8. The van der Waals surface area contributed by atoms with Crippen molar-refractivity contribution in [2.45, 2.75) is 32.1 Å². The van der Waals surface area contributed by atoms with Crippen LogP contribution < -0.4 is 10.6 Å². The summed E-state index contributed by atoms with van der Waals surface area (Å²) < 4.78 is 24.5.